The standard InChI is InChI=1S/C19H18N2O2S/c1-19(23,15-10-11-24-12-15)13-20-18(22)9-8-16-7-6-14-4-2-3-5-17(14)21-16/h2-12,23H,13H2,1H3,(H,20,22). The summed E-state index contributed by atoms with van der Waals surface area (Å²) in [7, 11) is 0. The number of rotatable bonds is 5. The van der Waals surface area contributed by atoms with E-state index in [1.807, 2.05) is 53.2 Å². The van der Waals surface area contributed by atoms with Crippen LogP contribution in [0.1, 0.15) is 18.2 Å². The lowest BCUT2D eigenvalue weighted by Gasteiger charge is -2.22. The highest BCUT2D eigenvalue weighted by Gasteiger charge is 2.23. The molecule has 0 aliphatic rings. The van der Waals surface area contributed by atoms with E-state index in [1.54, 1.807) is 13.0 Å². The normalized spacial score (nSPS) is 13.9. The van der Waals surface area contributed by atoms with E-state index in [9.17, 15) is 9.90 Å². The highest BCUT2D eigenvalue weighted by Crippen LogP contribution is 2.22. The summed E-state index contributed by atoms with van der Waals surface area (Å²) in [6.07, 6.45) is 3.10. The molecule has 3 rings (SSSR count). The number of nitrogens with one attached hydrogen (secondary N) is 1. The third kappa shape index (κ3) is 3.88. The predicted molar refractivity (Wildman–Crippen MR) is 97.7 cm³/mol. The quantitative estimate of drug-likeness (QED) is 0.702. The van der Waals surface area contributed by atoms with Crippen LogP contribution in [-0.2, 0) is 10.4 Å². The fraction of sp³-hybridized carbons (Fsp3) is 0.158. The number of fused-ring (bicyclic) bond motifs is 1. The third-order valence-corrected chi connectivity index (χ3v) is 4.46. The Morgan fingerprint density at radius 1 is 1.29 bits per heavy atom. The van der Waals surface area contributed by atoms with Gasteiger partial charge in [0.1, 0.15) is 5.60 Å². The van der Waals surface area contributed by atoms with E-state index < -0.39 is 5.60 Å². The summed E-state index contributed by atoms with van der Waals surface area (Å²) in [5, 5.41) is 17.9. The fourth-order valence-electron chi connectivity index (χ4n) is 2.33. The van der Waals surface area contributed by atoms with Crippen molar-refractivity contribution in [2.24, 2.45) is 0 Å². The van der Waals surface area contributed by atoms with Crippen LogP contribution in [0.15, 0.2) is 59.3 Å². The number of nitrogens with zero attached hydrogens (tertiary/aromatic N) is 1. The molecule has 2 aromatic heterocycles. The summed E-state index contributed by atoms with van der Waals surface area (Å²) in [6, 6.07) is 13.5. The Hall–Kier alpha value is -2.50. The number of carbonyl (C=O) groups excluding carboxylic acids is 1. The van der Waals surface area contributed by atoms with Gasteiger partial charge in [0.15, 0.2) is 0 Å². The van der Waals surface area contributed by atoms with Gasteiger partial charge in [0, 0.05) is 11.5 Å². The average Bonchev–Trinajstić information content (AvgIpc) is 3.13. The van der Waals surface area contributed by atoms with Crippen molar-refractivity contribution in [2.75, 3.05) is 6.54 Å². The molecule has 0 saturated carbocycles. The Balaban J connectivity index is 1.62. The van der Waals surface area contributed by atoms with Crippen LogP contribution in [0.25, 0.3) is 17.0 Å². The maximum Gasteiger partial charge on any atom is 0.244 e. The molecule has 0 saturated heterocycles. The van der Waals surface area contributed by atoms with Crippen molar-refractivity contribution >= 4 is 34.2 Å². The molecule has 2 heterocycles. The molecule has 3 aromatic rings. The van der Waals surface area contributed by atoms with Crippen LogP contribution in [0, 0.1) is 0 Å². The van der Waals surface area contributed by atoms with Crippen LogP contribution in [0.2, 0.25) is 0 Å². The van der Waals surface area contributed by atoms with Crippen molar-refractivity contribution in [3.05, 3.63) is 70.6 Å². The van der Waals surface area contributed by atoms with E-state index in [2.05, 4.69) is 10.3 Å². The van der Waals surface area contributed by atoms with Crippen LogP contribution >= 0.6 is 11.3 Å². The monoisotopic (exact) mass is 338 g/mol. The van der Waals surface area contributed by atoms with Crippen molar-refractivity contribution in [2.45, 2.75) is 12.5 Å². The molecule has 1 atom stereocenters. The van der Waals surface area contributed by atoms with Crippen LogP contribution in [0.3, 0.4) is 0 Å². The SMILES string of the molecule is CC(O)(CNC(=O)C=Cc1ccc2ccccc2n1)c1ccsc1. The van der Waals surface area contributed by atoms with Crippen molar-refractivity contribution in [3.8, 4) is 0 Å². The minimum atomic E-state index is -1.08. The Morgan fingerprint density at radius 2 is 2.12 bits per heavy atom. The summed E-state index contributed by atoms with van der Waals surface area (Å²) < 4.78 is 0. The van der Waals surface area contributed by atoms with Crippen molar-refractivity contribution in [1.82, 2.24) is 10.3 Å². The van der Waals surface area contributed by atoms with Crippen molar-refractivity contribution in [1.29, 1.82) is 0 Å². The van der Waals surface area contributed by atoms with Gasteiger partial charge in [0.25, 0.3) is 0 Å². The lowest BCUT2D eigenvalue weighted by molar-refractivity contribution is -0.117. The smallest absolute Gasteiger partial charge is 0.244 e. The molecular formula is C19H18N2O2S. The number of amides is 1. The Bertz CT molecular complexity index is 870. The molecular weight excluding hydrogens is 320 g/mol. The van der Waals surface area contributed by atoms with Crippen LogP contribution in [-0.4, -0.2) is 22.5 Å². The lowest BCUT2D eigenvalue weighted by Crippen LogP contribution is -2.37. The number of para-hydroxylation sites is 1. The van der Waals surface area contributed by atoms with E-state index in [-0.39, 0.29) is 12.5 Å². The second-order valence-corrected chi connectivity index (χ2v) is 6.55. The molecule has 0 bridgehead atoms. The summed E-state index contributed by atoms with van der Waals surface area (Å²) in [5.41, 5.74) is 1.33. The number of aliphatic hydroxyl groups is 1. The molecule has 0 fully saturated rings. The van der Waals surface area contributed by atoms with Gasteiger partial charge in [-0.25, -0.2) is 4.98 Å². The first-order chi connectivity index (χ1) is 11.5. The zero-order valence-corrected chi connectivity index (χ0v) is 14.1. The van der Waals surface area contributed by atoms with Gasteiger partial charge < -0.3 is 10.4 Å². The number of hydrogen-bond donors (Lipinski definition) is 2. The van der Waals surface area contributed by atoms with E-state index in [0.717, 1.165) is 16.5 Å². The molecule has 0 aliphatic heterocycles. The molecule has 0 spiro atoms. The van der Waals surface area contributed by atoms with Crippen LogP contribution in [0.4, 0.5) is 0 Å². The fourth-order valence-corrected chi connectivity index (χ4v) is 3.11. The zero-order chi connectivity index (χ0) is 17.0. The highest BCUT2D eigenvalue weighted by atomic mass is 32.1. The number of thiophene rings is 1. The first-order valence-corrected chi connectivity index (χ1v) is 8.56. The molecule has 5 heteroatoms. The molecule has 4 nitrogen and oxygen atoms in total. The number of benzene rings is 1. The van der Waals surface area contributed by atoms with Crippen LogP contribution < -0.4 is 5.32 Å². The topological polar surface area (TPSA) is 62.2 Å². The summed E-state index contributed by atoms with van der Waals surface area (Å²) >= 11 is 1.51. The molecule has 1 unspecified atom stereocenters. The minimum Gasteiger partial charge on any atom is -0.384 e. The zero-order valence-electron chi connectivity index (χ0n) is 13.3. The second kappa shape index (κ2) is 6.95. The van der Waals surface area contributed by atoms with E-state index in [1.165, 1.54) is 17.4 Å². The summed E-state index contributed by atoms with van der Waals surface area (Å²) in [6.45, 7) is 1.84. The number of hydrogen-bond acceptors (Lipinski definition) is 4. The van der Waals surface area contributed by atoms with Gasteiger partial charge in [-0.15, -0.1) is 0 Å². The Morgan fingerprint density at radius 3 is 2.92 bits per heavy atom. The van der Waals surface area contributed by atoms with E-state index >= 15 is 0 Å². The van der Waals surface area contributed by atoms with Gasteiger partial charge in [-0.3, -0.25) is 4.79 Å². The molecule has 2 N–H and O–H groups in total. The minimum absolute atomic E-state index is 0.151. The Labute approximate surface area is 144 Å². The maximum atomic E-state index is 12.0. The van der Waals surface area contributed by atoms with E-state index in [0.29, 0.717) is 5.69 Å². The van der Waals surface area contributed by atoms with Crippen LogP contribution in [0.5, 0.6) is 0 Å². The summed E-state index contributed by atoms with van der Waals surface area (Å²) in [4.78, 5) is 16.4. The molecule has 24 heavy (non-hydrogen) atoms. The average molecular weight is 338 g/mol. The maximum absolute atomic E-state index is 12.0. The first kappa shape index (κ1) is 16.4. The molecule has 1 aromatic carbocycles. The highest BCUT2D eigenvalue weighted by molar-refractivity contribution is 7.08. The predicted octanol–water partition coefficient (Wildman–Crippen LogP) is 3.33. The van der Waals surface area contributed by atoms with Gasteiger partial charge in [0.2, 0.25) is 5.91 Å². The summed E-state index contributed by atoms with van der Waals surface area (Å²) in [5.74, 6) is -0.263. The van der Waals surface area contributed by atoms with Gasteiger partial charge in [0.05, 0.1) is 17.8 Å². The number of aromatic nitrogens is 1. The molecule has 0 aliphatic carbocycles. The second-order valence-electron chi connectivity index (χ2n) is 5.77. The molecule has 122 valence electrons. The van der Waals surface area contributed by atoms with Gasteiger partial charge in [-0.1, -0.05) is 24.3 Å². The molecule has 1 amide bonds. The number of carbonyl (C=O) groups is 1. The van der Waals surface area contributed by atoms with E-state index in [4.69, 9.17) is 0 Å². The van der Waals surface area contributed by atoms with Crippen molar-refractivity contribution < 1.29 is 9.90 Å². The largest absolute Gasteiger partial charge is 0.384 e. The van der Waals surface area contributed by atoms with Gasteiger partial charge in [-0.2, -0.15) is 11.3 Å². The first-order valence-electron chi connectivity index (χ1n) is 7.61. The molecule has 0 radical (unpaired) electrons. The van der Waals surface area contributed by atoms with Gasteiger partial charge in [-0.05, 0) is 47.5 Å². The van der Waals surface area contributed by atoms with Gasteiger partial charge >= 0.3 is 0 Å². The lowest BCUT2D eigenvalue weighted by atomic mass is 9.99. The van der Waals surface area contributed by atoms with Crippen molar-refractivity contribution in [3.63, 3.8) is 0 Å². The number of pyridine rings is 1. The Kier molecular flexibility index (Phi) is 4.74. The third-order valence-electron chi connectivity index (χ3n) is 3.78.